The molecule has 0 spiro atoms. The van der Waals surface area contributed by atoms with Gasteiger partial charge in [-0.15, -0.1) is 0 Å². The van der Waals surface area contributed by atoms with E-state index < -0.39 is 0 Å². The SMILES string of the molecule is Cc1cccc(-c2n[nH]c(=S)n2CCC(=O)NC2CCCCCCC2)c1. The molecule has 3 rings (SSSR count). The van der Waals surface area contributed by atoms with Crippen LogP contribution < -0.4 is 5.32 Å². The average Bonchev–Trinajstić information content (AvgIpc) is 2.96. The Labute approximate surface area is 160 Å². The highest BCUT2D eigenvalue weighted by molar-refractivity contribution is 7.71. The standard InChI is InChI=1S/C20H28N4OS/c1-15-8-7-9-16(14-15)19-22-23-20(26)24(19)13-12-18(25)21-17-10-5-3-2-4-6-11-17/h7-9,14,17H,2-6,10-13H2,1H3,(H,21,25)(H,23,26). The summed E-state index contributed by atoms with van der Waals surface area (Å²) in [7, 11) is 0. The highest BCUT2D eigenvalue weighted by Gasteiger charge is 2.15. The van der Waals surface area contributed by atoms with Crippen molar-refractivity contribution in [3.05, 3.63) is 34.6 Å². The Morgan fingerprint density at radius 1 is 1.27 bits per heavy atom. The van der Waals surface area contributed by atoms with Gasteiger partial charge >= 0.3 is 0 Å². The Balaban J connectivity index is 1.61. The van der Waals surface area contributed by atoms with Crippen LogP contribution in [0.5, 0.6) is 0 Å². The van der Waals surface area contributed by atoms with E-state index in [1.807, 2.05) is 16.7 Å². The maximum atomic E-state index is 12.4. The summed E-state index contributed by atoms with van der Waals surface area (Å²) >= 11 is 5.37. The van der Waals surface area contributed by atoms with Gasteiger partial charge in [0.2, 0.25) is 5.91 Å². The molecule has 0 atom stereocenters. The number of nitrogens with one attached hydrogen (secondary N) is 2. The number of aromatic nitrogens is 3. The lowest BCUT2D eigenvalue weighted by Gasteiger charge is -2.21. The molecule has 1 saturated carbocycles. The van der Waals surface area contributed by atoms with Gasteiger partial charge in [0.1, 0.15) is 0 Å². The minimum Gasteiger partial charge on any atom is -0.353 e. The largest absolute Gasteiger partial charge is 0.353 e. The van der Waals surface area contributed by atoms with Crippen molar-refractivity contribution in [2.45, 2.75) is 70.9 Å². The lowest BCUT2D eigenvalue weighted by molar-refractivity contribution is -0.122. The Hall–Kier alpha value is -1.95. The summed E-state index contributed by atoms with van der Waals surface area (Å²) in [4.78, 5) is 12.4. The van der Waals surface area contributed by atoms with Crippen molar-refractivity contribution < 1.29 is 4.79 Å². The fourth-order valence-corrected chi connectivity index (χ4v) is 3.87. The van der Waals surface area contributed by atoms with Crippen LogP contribution in [-0.2, 0) is 11.3 Å². The first-order valence-electron chi connectivity index (χ1n) is 9.65. The van der Waals surface area contributed by atoms with Crippen molar-refractivity contribution >= 4 is 18.1 Å². The fraction of sp³-hybridized carbons (Fsp3) is 0.550. The number of aryl methyl sites for hydroxylation is 1. The number of aromatic amines is 1. The van der Waals surface area contributed by atoms with Crippen LogP contribution in [0.2, 0.25) is 0 Å². The van der Waals surface area contributed by atoms with Gasteiger partial charge in [-0.25, -0.2) is 0 Å². The molecule has 0 saturated heterocycles. The van der Waals surface area contributed by atoms with Gasteiger partial charge in [0.25, 0.3) is 0 Å². The first-order valence-corrected chi connectivity index (χ1v) is 10.1. The van der Waals surface area contributed by atoms with Crippen molar-refractivity contribution in [1.82, 2.24) is 20.1 Å². The third-order valence-electron chi connectivity index (χ3n) is 5.07. The number of hydrogen-bond acceptors (Lipinski definition) is 3. The van der Waals surface area contributed by atoms with Crippen molar-refractivity contribution in [2.75, 3.05) is 0 Å². The van der Waals surface area contributed by atoms with Gasteiger partial charge < -0.3 is 5.32 Å². The van der Waals surface area contributed by atoms with Gasteiger partial charge in [0, 0.05) is 24.6 Å². The summed E-state index contributed by atoms with van der Waals surface area (Å²) in [6.45, 7) is 2.59. The molecule has 1 aromatic carbocycles. The molecule has 0 radical (unpaired) electrons. The molecule has 6 heteroatoms. The molecule has 26 heavy (non-hydrogen) atoms. The number of hydrogen-bond donors (Lipinski definition) is 2. The Kier molecular flexibility index (Phi) is 6.61. The van der Waals surface area contributed by atoms with Crippen LogP contribution in [0.15, 0.2) is 24.3 Å². The van der Waals surface area contributed by atoms with Gasteiger partial charge in [-0.3, -0.25) is 14.5 Å². The molecule has 1 heterocycles. The van der Waals surface area contributed by atoms with Crippen LogP contribution >= 0.6 is 12.2 Å². The fourth-order valence-electron chi connectivity index (χ4n) is 3.64. The minimum atomic E-state index is 0.105. The number of carbonyl (C=O) groups excluding carboxylic acids is 1. The summed E-state index contributed by atoms with van der Waals surface area (Å²) < 4.78 is 2.47. The van der Waals surface area contributed by atoms with Gasteiger partial charge in [0.05, 0.1) is 0 Å². The molecule has 140 valence electrons. The van der Waals surface area contributed by atoms with Crippen LogP contribution in [0, 0.1) is 11.7 Å². The maximum absolute atomic E-state index is 12.4. The van der Waals surface area contributed by atoms with Crippen LogP contribution in [-0.4, -0.2) is 26.7 Å². The van der Waals surface area contributed by atoms with E-state index in [4.69, 9.17) is 12.2 Å². The van der Waals surface area contributed by atoms with E-state index >= 15 is 0 Å². The molecule has 0 aliphatic heterocycles. The summed E-state index contributed by atoms with van der Waals surface area (Å²) in [5.74, 6) is 0.895. The van der Waals surface area contributed by atoms with Crippen LogP contribution in [0.3, 0.4) is 0 Å². The second kappa shape index (κ2) is 9.12. The van der Waals surface area contributed by atoms with Crippen molar-refractivity contribution in [3.63, 3.8) is 0 Å². The molecule has 1 aliphatic rings. The van der Waals surface area contributed by atoms with Gasteiger partial charge in [-0.1, -0.05) is 55.9 Å². The highest BCUT2D eigenvalue weighted by atomic mass is 32.1. The van der Waals surface area contributed by atoms with E-state index in [2.05, 4.69) is 34.6 Å². The Bertz CT molecular complexity index is 787. The van der Waals surface area contributed by atoms with E-state index in [0.29, 0.717) is 23.8 Å². The molecular weight excluding hydrogens is 344 g/mol. The lowest BCUT2D eigenvalue weighted by atomic mass is 9.96. The molecule has 0 unspecified atom stereocenters. The van der Waals surface area contributed by atoms with E-state index in [-0.39, 0.29) is 5.91 Å². The average molecular weight is 373 g/mol. The van der Waals surface area contributed by atoms with Crippen molar-refractivity contribution in [2.24, 2.45) is 0 Å². The molecule has 1 aliphatic carbocycles. The molecule has 1 amide bonds. The van der Waals surface area contributed by atoms with Gasteiger partial charge in [0.15, 0.2) is 10.6 Å². The molecule has 2 N–H and O–H groups in total. The molecule has 1 aromatic heterocycles. The second-order valence-electron chi connectivity index (χ2n) is 7.23. The van der Waals surface area contributed by atoms with E-state index in [0.717, 1.165) is 24.2 Å². The molecule has 5 nitrogen and oxygen atoms in total. The number of rotatable bonds is 5. The number of carbonyl (C=O) groups is 1. The summed E-state index contributed by atoms with van der Waals surface area (Å²) in [6, 6.07) is 8.49. The van der Waals surface area contributed by atoms with E-state index in [9.17, 15) is 4.79 Å². The third kappa shape index (κ3) is 5.04. The van der Waals surface area contributed by atoms with Crippen LogP contribution in [0.25, 0.3) is 11.4 Å². The number of nitrogens with zero attached hydrogens (tertiary/aromatic N) is 2. The second-order valence-corrected chi connectivity index (χ2v) is 7.62. The third-order valence-corrected chi connectivity index (χ3v) is 5.38. The van der Waals surface area contributed by atoms with E-state index in [1.165, 1.54) is 37.7 Å². The van der Waals surface area contributed by atoms with Crippen molar-refractivity contribution in [1.29, 1.82) is 0 Å². The maximum Gasteiger partial charge on any atom is 0.222 e. The molecule has 0 bridgehead atoms. The summed E-state index contributed by atoms with van der Waals surface area (Å²) in [6.07, 6.45) is 8.97. The predicted molar refractivity (Wildman–Crippen MR) is 106 cm³/mol. The van der Waals surface area contributed by atoms with Crippen LogP contribution in [0.1, 0.15) is 56.9 Å². The first kappa shape index (κ1) is 18.8. The molecular formula is C20H28N4OS. The predicted octanol–water partition coefficient (Wildman–Crippen LogP) is 4.54. The van der Waals surface area contributed by atoms with Gasteiger partial charge in [-0.05, 0) is 38.0 Å². The zero-order chi connectivity index (χ0) is 18.4. The van der Waals surface area contributed by atoms with Crippen molar-refractivity contribution in [3.8, 4) is 11.4 Å². The normalized spacial score (nSPS) is 16.0. The zero-order valence-corrected chi connectivity index (χ0v) is 16.3. The summed E-state index contributed by atoms with van der Waals surface area (Å²) in [5, 5.41) is 10.4. The Morgan fingerprint density at radius 3 is 2.73 bits per heavy atom. The smallest absolute Gasteiger partial charge is 0.222 e. The monoisotopic (exact) mass is 372 g/mol. The summed E-state index contributed by atoms with van der Waals surface area (Å²) in [5.41, 5.74) is 2.18. The molecule has 2 aromatic rings. The Morgan fingerprint density at radius 2 is 2.00 bits per heavy atom. The number of H-pyrrole nitrogens is 1. The number of amides is 1. The lowest BCUT2D eigenvalue weighted by Crippen LogP contribution is -2.35. The number of benzene rings is 1. The molecule has 1 fully saturated rings. The zero-order valence-electron chi connectivity index (χ0n) is 15.5. The topological polar surface area (TPSA) is 62.7 Å². The quantitative estimate of drug-likeness (QED) is 0.758. The van der Waals surface area contributed by atoms with Gasteiger partial charge in [-0.2, -0.15) is 5.10 Å². The van der Waals surface area contributed by atoms with Crippen LogP contribution in [0.4, 0.5) is 0 Å². The first-order chi connectivity index (χ1) is 12.6. The minimum absolute atomic E-state index is 0.105. The van der Waals surface area contributed by atoms with E-state index in [1.54, 1.807) is 0 Å². The highest BCUT2D eigenvalue weighted by Crippen LogP contribution is 2.19.